The standard InChI is InChI=1S/C14H16N2O3/c1-8-11(9-6-4-5-7-10(9)15-8)16-12(17)14(2,3)13(18)19/h4-7,15H,1-3H3,(H,16,17)(H,18,19). The summed E-state index contributed by atoms with van der Waals surface area (Å²) in [6.07, 6.45) is 0. The zero-order chi connectivity index (χ0) is 14.2. The molecule has 0 aliphatic carbocycles. The Hall–Kier alpha value is -2.30. The Morgan fingerprint density at radius 2 is 1.89 bits per heavy atom. The van der Waals surface area contributed by atoms with Gasteiger partial charge in [-0.1, -0.05) is 18.2 Å². The molecule has 1 aromatic heterocycles. The second-order valence-corrected chi connectivity index (χ2v) is 5.05. The van der Waals surface area contributed by atoms with E-state index in [0.717, 1.165) is 16.6 Å². The number of aryl methyl sites for hydroxylation is 1. The van der Waals surface area contributed by atoms with Crippen LogP contribution in [0.25, 0.3) is 10.9 Å². The molecule has 0 aliphatic rings. The third kappa shape index (κ3) is 2.19. The molecule has 0 saturated carbocycles. The van der Waals surface area contributed by atoms with E-state index in [0.29, 0.717) is 5.69 Å². The van der Waals surface area contributed by atoms with Crippen molar-refractivity contribution in [3.8, 4) is 0 Å². The van der Waals surface area contributed by atoms with Crippen LogP contribution in [0.1, 0.15) is 19.5 Å². The van der Waals surface area contributed by atoms with Crippen molar-refractivity contribution < 1.29 is 14.7 Å². The van der Waals surface area contributed by atoms with Crippen molar-refractivity contribution in [2.45, 2.75) is 20.8 Å². The van der Waals surface area contributed by atoms with Crippen LogP contribution in [0.15, 0.2) is 24.3 Å². The van der Waals surface area contributed by atoms with E-state index in [1.54, 1.807) is 0 Å². The summed E-state index contributed by atoms with van der Waals surface area (Å²) in [5, 5.41) is 12.6. The Bertz CT molecular complexity index is 656. The lowest BCUT2D eigenvalue weighted by Gasteiger charge is -2.18. The van der Waals surface area contributed by atoms with Crippen LogP contribution < -0.4 is 5.32 Å². The van der Waals surface area contributed by atoms with Gasteiger partial charge in [0.25, 0.3) is 0 Å². The Kier molecular flexibility index (Phi) is 3.06. The minimum atomic E-state index is -1.47. The van der Waals surface area contributed by atoms with Crippen LogP contribution >= 0.6 is 0 Å². The Morgan fingerprint density at radius 3 is 2.53 bits per heavy atom. The molecule has 0 bridgehead atoms. The first-order valence-electron chi connectivity index (χ1n) is 5.96. The molecule has 0 unspecified atom stereocenters. The largest absolute Gasteiger partial charge is 0.480 e. The SMILES string of the molecule is Cc1[nH]c2ccccc2c1NC(=O)C(C)(C)C(=O)O. The fourth-order valence-electron chi connectivity index (χ4n) is 1.80. The molecular formula is C14H16N2O3. The lowest BCUT2D eigenvalue weighted by molar-refractivity contribution is -0.151. The number of benzene rings is 1. The van der Waals surface area contributed by atoms with Crippen molar-refractivity contribution in [1.29, 1.82) is 0 Å². The molecule has 0 saturated heterocycles. The molecule has 0 fully saturated rings. The first-order chi connectivity index (χ1) is 8.84. The van der Waals surface area contributed by atoms with Crippen LogP contribution in [0.5, 0.6) is 0 Å². The van der Waals surface area contributed by atoms with E-state index >= 15 is 0 Å². The molecule has 0 atom stereocenters. The van der Waals surface area contributed by atoms with Gasteiger partial charge >= 0.3 is 5.97 Å². The second-order valence-electron chi connectivity index (χ2n) is 5.05. The van der Waals surface area contributed by atoms with E-state index in [9.17, 15) is 9.59 Å². The molecule has 1 amide bonds. The van der Waals surface area contributed by atoms with Gasteiger partial charge in [-0.15, -0.1) is 0 Å². The topological polar surface area (TPSA) is 82.2 Å². The van der Waals surface area contributed by atoms with Gasteiger partial charge in [0.2, 0.25) is 5.91 Å². The molecule has 0 radical (unpaired) electrons. The average Bonchev–Trinajstić information content (AvgIpc) is 2.66. The quantitative estimate of drug-likeness (QED) is 0.741. The number of para-hydroxylation sites is 1. The summed E-state index contributed by atoms with van der Waals surface area (Å²) in [5.41, 5.74) is 0.874. The Balaban J connectivity index is 2.39. The second kappa shape index (κ2) is 4.42. The third-order valence-electron chi connectivity index (χ3n) is 3.23. The maximum absolute atomic E-state index is 12.1. The van der Waals surface area contributed by atoms with Gasteiger partial charge in [-0.05, 0) is 26.8 Å². The van der Waals surface area contributed by atoms with Gasteiger partial charge in [-0.25, -0.2) is 0 Å². The van der Waals surface area contributed by atoms with Crippen LogP contribution in [-0.4, -0.2) is 22.0 Å². The lowest BCUT2D eigenvalue weighted by Crippen LogP contribution is -2.37. The normalized spacial score (nSPS) is 11.5. The summed E-state index contributed by atoms with van der Waals surface area (Å²) in [6.45, 7) is 4.60. The van der Waals surface area contributed by atoms with E-state index in [2.05, 4.69) is 10.3 Å². The molecule has 2 rings (SSSR count). The van der Waals surface area contributed by atoms with Crippen molar-refractivity contribution >= 4 is 28.5 Å². The number of carboxylic acids is 1. The average molecular weight is 260 g/mol. The maximum Gasteiger partial charge on any atom is 0.318 e. The number of carbonyl (C=O) groups excluding carboxylic acids is 1. The van der Waals surface area contributed by atoms with Gasteiger partial charge in [0, 0.05) is 16.6 Å². The molecule has 3 N–H and O–H groups in total. The summed E-state index contributed by atoms with van der Waals surface area (Å²) in [6, 6.07) is 7.54. The number of anilines is 1. The lowest BCUT2D eigenvalue weighted by atomic mass is 9.92. The minimum Gasteiger partial charge on any atom is -0.480 e. The number of hydrogen-bond acceptors (Lipinski definition) is 2. The maximum atomic E-state index is 12.1. The van der Waals surface area contributed by atoms with Crippen molar-refractivity contribution in [3.05, 3.63) is 30.0 Å². The molecule has 1 aromatic carbocycles. The molecule has 1 heterocycles. The van der Waals surface area contributed by atoms with Gasteiger partial charge < -0.3 is 15.4 Å². The molecule has 100 valence electrons. The highest BCUT2D eigenvalue weighted by Gasteiger charge is 2.36. The molecule has 0 aliphatic heterocycles. The number of hydrogen-bond donors (Lipinski definition) is 3. The highest BCUT2D eigenvalue weighted by atomic mass is 16.4. The van der Waals surface area contributed by atoms with Gasteiger partial charge in [0.05, 0.1) is 5.69 Å². The van der Waals surface area contributed by atoms with E-state index in [1.807, 2.05) is 31.2 Å². The summed E-state index contributed by atoms with van der Waals surface area (Å²) >= 11 is 0. The van der Waals surface area contributed by atoms with E-state index in [1.165, 1.54) is 13.8 Å². The monoisotopic (exact) mass is 260 g/mol. The predicted molar refractivity (Wildman–Crippen MR) is 73.1 cm³/mol. The van der Waals surface area contributed by atoms with Crippen LogP contribution in [0, 0.1) is 12.3 Å². The number of aromatic nitrogens is 1. The summed E-state index contributed by atoms with van der Waals surface area (Å²) in [5.74, 6) is -1.68. The van der Waals surface area contributed by atoms with E-state index in [-0.39, 0.29) is 0 Å². The van der Waals surface area contributed by atoms with Gasteiger partial charge in [-0.3, -0.25) is 9.59 Å². The smallest absolute Gasteiger partial charge is 0.318 e. The first-order valence-corrected chi connectivity index (χ1v) is 5.96. The number of carbonyl (C=O) groups is 2. The number of aliphatic carboxylic acids is 1. The summed E-state index contributed by atoms with van der Waals surface area (Å²) in [7, 11) is 0. The van der Waals surface area contributed by atoms with E-state index in [4.69, 9.17) is 5.11 Å². The van der Waals surface area contributed by atoms with Gasteiger partial charge in [0.1, 0.15) is 5.41 Å². The zero-order valence-electron chi connectivity index (χ0n) is 11.1. The number of fused-ring (bicyclic) bond motifs is 1. The van der Waals surface area contributed by atoms with Crippen molar-refractivity contribution in [1.82, 2.24) is 4.98 Å². The highest BCUT2D eigenvalue weighted by molar-refractivity contribution is 6.11. The number of carboxylic acid groups (broad SMARTS) is 1. The Labute approximate surface area is 110 Å². The fourth-order valence-corrected chi connectivity index (χ4v) is 1.80. The summed E-state index contributed by atoms with van der Waals surface area (Å²) < 4.78 is 0. The van der Waals surface area contributed by atoms with Crippen LogP contribution in [0.4, 0.5) is 5.69 Å². The minimum absolute atomic E-state index is 0.534. The molecular weight excluding hydrogens is 244 g/mol. The van der Waals surface area contributed by atoms with Crippen LogP contribution in [0.2, 0.25) is 0 Å². The Morgan fingerprint density at radius 1 is 1.26 bits per heavy atom. The van der Waals surface area contributed by atoms with Crippen molar-refractivity contribution in [2.24, 2.45) is 5.41 Å². The van der Waals surface area contributed by atoms with Crippen molar-refractivity contribution in [3.63, 3.8) is 0 Å². The number of H-pyrrole nitrogens is 1. The van der Waals surface area contributed by atoms with Gasteiger partial charge in [-0.2, -0.15) is 0 Å². The summed E-state index contributed by atoms with van der Waals surface area (Å²) in [4.78, 5) is 26.3. The first kappa shape index (κ1) is 13.1. The molecule has 5 nitrogen and oxygen atoms in total. The van der Waals surface area contributed by atoms with Crippen LogP contribution in [0.3, 0.4) is 0 Å². The van der Waals surface area contributed by atoms with Crippen LogP contribution in [-0.2, 0) is 9.59 Å². The fraction of sp³-hybridized carbons (Fsp3) is 0.286. The molecule has 5 heteroatoms. The predicted octanol–water partition coefficient (Wildman–Crippen LogP) is 2.53. The number of amides is 1. The number of rotatable bonds is 3. The zero-order valence-corrected chi connectivity index (χ0v) is 11.1. The highest BCUT2D eigenvalue weighted by Crippen LogP contribution is 2.28. The molecule has 2 aromatic rings. The third-order valence-corrected chi connectivity index (χ3v) is 3.23. The molecule has 19 heavy (non-hydrogen) atoms. The van der Waals surface area contributed by atoms with Gasteiger partial charge in [0.15, 0.2) is 0 Å². The number of aromatic amines is 1. The van der Waals surface area contributed by atoms with Crippen molar-refractivity contribution in [2.75, 3.05) is 5.32 Å². The van der Waals surface area contributed by atoms with E-state index < -0.39 is 17.3 Å². The molecule has 0 spiro atoms. The number of nitrogens with one attached hydrogen (secondary N) is 2.